The molecule has 0 aliphatic rings. The van der Waals surface area contributed by atoms with Crippen molar-refractivity contribution in [2.45, 2.75) is 13.8 Å². The number of ether oxygens (including phenoxy) is 1. The molecule has 6 nitrogen and oxygen atoms in total. The first-order valence-electron chi connectivity index (χ1n) is 6.52. The number of nitrogens with zero attached hydrogens (tertiary/aromatic N) is 1. The average molecular weight is 279 g/mol. The lowest BCUT2D eigenvalue weighted by molar-refractivity contribution is -0.129. The number of nitrogens with two attached hydrogens (primary N) is 1. The molecule has 3 N–H and O–H groups in total. The number of nitrogen functional groups attached to an aromatic ring is 1. The molecule has 1 rings (SSSR count). The van der Waals surface area contributed by atoms with Gasteiger partial charge in [0.15, 0.2) is 0 Å². The predicted octanol–water partition coefficient (Wildman–Crippen LogP) is 0.876. The number of likely N-dealkylation sites (N-methyl/N-ethyl adjacent to an activating group) is 1. The first kappa shape index (κ1) is 15.8. The standard InChI is InChI=1S/C14H21N3O3/c1-4-17(5-2)13(18)9-16-14(19)11-8-10(15)6-7-12(11)20-3/h6-8H,4-5,9,15H2,1-3H3,(H,16,19). The maximum absolute atomic E-state index is 12.1. The molecule has 0 fully saturated rings. The summed E-state index contributed by atoms with van der Waals surface area (Å²) >= 11 is 0. The number of nitrogens with one attached hydrogen (secondary N) is 1. The number of benzene rings is 1. The van der Waals surface area contributed by atoms with E-state index in [9.17, 15) is 9.59 Å². The van der Waals surface area contributed by atoms with Crippen LogP contribution in [0.15, 0.2) is 18.2 Å². The van der Waals surface area contributed by atoms with Gasteiger partial charge in [0.2, 0.25) is 5.91 Å². The maximum atomic E-state index is 12.1. The third-order valence-corrected chi connectivity index (χ3v) is 2.98. The molecule has 0 spiro atoms. The van der Waals surface area contributed by atoms with E-state index < -0.39 is 0 Å². The Kier molecular flexibility index (Phi) is 5.83. The Labute approximate surface area is 118 Å². The maximum Gasteiger partial charge on any atom is 0.255 e. The Hall–Kier alpha value is -2.24. The fourth-order valence-corrected chi connectivity index (χ4v) is 1.84. The SMILES string of the molecule is CCN(CC)C(=O)CNC(=O)c1cc(N)ccc1OC. The highest BCUT2D eigenvalue weighted by Gasteiger charge is 2.15. The van der Waals surface area contributed by atoms with Crippen molar-refractivity contribution in [2.75, 3.05) is 32.5 Å². The molecule has 110 valence electrons. The molecule has 0 bridgehead atoms. The summed E-state index contributed by atoms with van der Waals surface area (Å²) in [5.74, 6) is -0.0761. The van der Waals surface area contributed by atoms with E-state index >= 15 is 0 Å². The summed E-state index contributed by atoms with van der Waals surface area (Å²) in [6.45, 7) is 4.98. The average Bonchev–Trinajstić information content (AvgIpc) is 2.46. The molecule has 0 unspecified atom stereocenters. The van der Waals surface area contributed by atoms with Gasteiger partial charge >= 0.3 is 0 Å². The van der Waals surface area contributed by atoms with Gasteiger partial charge in [0.25, 0.3) is 5.91 Å². The summed E-state index contributed by atoms with van der Waals surface area (Å²) in [5, 5.41) is 2.58. The van der Waals surface area contributed by atoms with Crippen molar-refractivity contribution in [1.29, 1.82) is 0 Å². The van der Waals surface area contributed by atoms with Crippen molar-refractivity contribution in [2.24, 2.45) is 0 Å². The molecule has 20 heavy (non-hydrogen) atoms. The smallest absolute Gasteiger partial charge is 0.255 e. The molecule has 0 heterocycles. The molecule has 1 aromatic rings. The van der Waals surface area contributed by atoms with Crippen molar-refractivity contribution in [3.63, 3.8) is 0 Å². The van der Waals surface area contributed by atoms with Crippen LogP contribution in [0.5, 0.6) is 5.75 Å². The van der Waals surface area contributed by atoms with Crippen molar-refractivity contribution in [3.05, 3.63) is 23.8 Å². The van der Waals surface area contributed by atoms with Crippen LogP contribution in [-0.2, 0) is 4.79 Å². The Morgan fingerprint density at radius 3 is 2.50 bits per heavy atom. The number of anilines is 1. The second-order valence-corrected chi connectivity index (χ2v) is 4.21. The predicted molar refractivity (Wildman–Crippen MR) is 77.7 cm³/mol. The van der Waals surface area contributed by atoms with Crippen LogP contribution in [0.2, 0.25) is 0 Å². The van der Waals surface area contributed by atoms with E-state index in [4.69, 9.17) is 10.5 Å². The molecule has 0 saturated carbocycles. The second-order valence-electron chi connectivity index (χ2n) is 4.21. The minimum atomic E-state index is -0.380. The minimum Gasteiger partial charge on any atom is -0.496 e. The zero-order valence-electron chi connectivity index (χ0n) is 12.1. The molecule has 6 heteroatoms. The number of rotatable bonds is 6. The highest BCUT2D eigenvalue weighted by atomic mass is 16.5. The number of amides is 2. The molecule has 0 radical (unpaired) electrons. The van der Waals surface area contributed by atoms with Gasteiger partial charge in [0, 0.05) is 18.8 Å². The van der Waals surface area contributed by atoms with E-state index in [1.807, 2.05) is 13.8 Å². The van der Waals surface area contributed by atoms with E-state index in [1.54, 1.807) is 17.0 Å². The van der Waals surface area contributed by atoms with Crippen molar-refractivity contribution >= 4 is 17.5 Å². The van der Waals surface area contributed by atoms with Gasteiger partial charge < -0.3 is 20.7 Å². The Morgan fingerprint density at radius 1 is 1.30 bits per heavy atom. The highest BCUT2D eigenvalue weighted by Crippen LogP contribution is 2.20. The molecule has 0 atom stereocenters. The van der Waals surface area contributed by atoms with Crippen LogP contribution < -0.4 is 15.8 Å². The van der Waals surface area contributed by atoms with Gasteiger partial charge in [-0.3, -0.25) is 9.59 Å². The number of hydrogen-bond donors (Lipinski definition) is 2. The Morgan fingerprint density at radius 2 is 1.95 bits per heavy atom. The summed E-state index contributed by atoms with van der Waals surface area (Å²) in [6.07, 6.45) is 0. The summed E-state index contributed by atoms with van der Waals surface area (Å²) in [6, 6.07) is 4.79. The van der Waals surface area contributed by atoms with Crippen molar-refractivity contribution < 1.29 is 14.3 Å². The third-order valence-electron chi connectivity index (χ3n) is 2.98. The van der Waals surface area contributed by atoms with Crippen LogP contribution in [0.3, 0.4) is 0 Å². The fourth-order valence-electron chi connectivity index (χ4n) is 1.84. The van der Waals surface area contributed by atoms with Gasteiger partial charge in [0.05, 0.1) is 19.2 Å². The quantitative estimate of drug-likeness (QED) is 0.757. The zero-order valence-corrected chi connectivity index (χ0v) is 12.1. The van der Waals surface area contributed by atoms with Gasteiger partial charge in [-0.15, -0.1) is 0 Å². The topological polar surface area (TPSA) is 84.7 Å². The lowest BCUT2D eigenvalue weighted by Gasteiger charge is -2.19. The normalized spacial score (nSPS) is 9.95. The van der Waals surface area contributed by atoms with Crippen LogP contribution in [0.4, 0.5) is 5.69 Å². The molecular formula is C14H21N3O3. The summed E-state index contributed by atoms with van der Waals surface area (Å²) in [5.41, 5.74) is 6.44. The van der Waals surface area contributed by atoms with Crippen LogP contribution in [0.1, 0.15) is 24.2 Å². The summed E-state index contributed by atoms with van der Waals surface area (Å²) in [4.78, 5) is 25.5. The fraction of sp³-hybridized carbons (Fsp3) is 0.429. The Balaban J connectivity index is 2.72. The van der Waals surface area contributed by atoms with Crippen LogP contribution >= 0.6 is 0 Å². The van der Waals surface area contributed by atoms with Gasteiger partial charge in [-0.05, 0) is 32.0 Å². The highest BCUT2D eigenvalue weighted by molar-refractivity contribution is 5.99. The second kappa shape index (κ2) is 7.37. The molecule has 1 aromatic carbocycles. The van der Waals surface area contributed by atoms with E-state index in [1.165, 1.54) is 13.2 Å². The lowest BCUT2D eigenvalue weighted by Crippen LogP contribution is -2.40. The number of carbonyl (C=O) groups excluding carboxylic acids is 2. The van der Waals surface area contributed by atoms with Crippen LogP contribution in [0, 0.1) is 0 Å². The van der Waals surface area contributed by atoms with Gasteiger partial charge in [0.1, 0.15) is 5.75 Å². The number of hydrogen-bond acceptors (Lipinski definition) is 4. The molecule has 0 aliphatic heterocycles. The molecule has 0 saturated heterocycles. The number of methoxy groups -OCH3 is 1. The minimum absolute atomic E-state index is 0.0432. The van der Waals surface area contributed by atoms with Crippen molar-refractivity contribution in [1.82, 2.24) is 10.2 Å². The molecule has 2 amide bonds. The molecule has 0 aliphatic carbocycles. The van der Waals surface area contributed by atoms with Crippen LogP contribution in [0.25, 0.3) is 0 Å². The molecular weight excluding hydrogens is 258 g/mol. The largest absolute Gasteiger partial charge is 0.496 e. The monoisotopic (exact) mass is 279 g/mol. The van der Waals surface area contributed by atoms with Gasteiger partial charge in [-0.25, -0.2) is 0 Å². The van der Waals surface area contributed by atoms with Gasteiger partial charge in [-0.2, -0.15) is 0 Å². The van der Waals surface area contributed by atoms with E-state index in [2.05, 4.69) is 5.32 Å². The Bertz CT molecular complexity index is 485. The lowest BCUT2D eigenvalue weighted by atomic mass is 10.1. The third kappa shape index (κ3) is 3.88. The zero-order chi connectivity index (χ0) is 15.1. The van der Waals surface area contributed by atoms with Crippen LogP contribution in [-0.4, -0.2) is 43.5 Å². The van der Waals surface area contributed by atoms with Crippen molar-refractivity contribution in [3.8, 4) is 5.75 Å². The first-order valence-corrected chi connectivity index (χ1v) is 6.52. The summed E-state index contributed by atoms with van der Waals surface area (Å²) in [7, 11) is 1.48. The first-order chi connectivity index (χ1) is 9.53. The summed E-state index contributed by atoms with van der Waals surface area (Å²) < 4.78 is 5.11. The number of carbonyl (C=O) groups is 2. The molecule has 0 aromatic heterocycles. The van der Waals surface area contributed by atoms with E-state index in [0.29, 0.717) is 30.1 Å². The van der Waals surface area contributed by atoms with Gasteiger partial charge in [-0.1, -0.05) is 0 Å². The van der Waals surface area contributed by atoms with E-state index in [0.717, 1.165) is 0 Å². The van der Waals surface area contributed by atoms with E-state index in [-0.39, 0.29) is 18.4 Å².